The number of carbonyl (C=O) groups is 1. The maximum absolute atomic E-state index is 10.7. The summed E-state index contributed by atoms with van der Waals surface area (Å²) in [7, 11) is 1.38. The fraction of sp³-hybridized carbons (Fsp3) is 0.429. The van der Waals surface area contributed by atoms with Crippen molar-refractivity contribution in [1.82, 2.24) is 4.98 Å². The van der Waals surface area contributed by atoms with Gasteiger partial charge in [-0.3, -0.25) is 4.79 Å². The van der Waals surface area contributed by atoms with Crippen LogP contribution in [0.2, 0.25) is 5.15 Å². The van der Waals surface area contributed by atoms with Gasteiger partial charge in [0, 0.05) is 11.1 Å². The number of ether oxygens (including phenoxy) is 1. The molecule has 72 valence electrons. The van der Waals surface area contributed by atoms with Crippen LogP contribution in [0, 0.1) is 0 Å². The number of thioether (sulfide) groups is 1. The van der Waals surface area contributed by atoms with E-state index in [4.69, 9.17) is 11.6 Å². The van der Waals surface area contributed by atoms with Gasteiger partial charge in [0.1, 0.15) is 5.15 Å². The van der Waals surface area contributed by atoms with Gasteiger partial charge in [0.15, 0.2) is 4.34 Å². The molecule has 0 radical (unpaired) electrons. The van der Waals surface area contributed by atoms with Crippen molar-refractivity contribution in [2.45, 2.75) is 10.8 Å². The predicted octanol–water partition coefficient (Wildman–Crippen LogP) is 2.45. The second kappa shape index (κ2) is 5.47. The fourth-order valence-corrected chi connectivity index (χ4v) is 2.62. The van der Waals surface area contributed by atoms with Gasteiger partial charge in [-0.1, -0.05) is 23.4 Å². The zero-order valence-electron chi connectivity index (χ0n) is 6.95. The summed E-state index contributed by atoms with van der Waals surface area (Å²) in [5.41, 5.74) is 0. The zero-order chi connectivity index (χ0) is 9.68. The van der Waals surface area contributed by atoms with E-state index in [0.29, 0.717) is 17.3 Å². The molecule has 0 spiro atoms. The second-order valence-electron chi connectivity index (χ2n) is 2.11. The molecule has 13 heavy (non-hydrogen) atoms. The Labute approximate surface area is 89.5 Å². The number of rotatable bonds is 4. The molecule has 0 unspecified atom stereocenters. The molecule has 1 aromatic rings. The van der Waals surface area contributed by atoms with Gasteiger partial charge in [-0.25, -0.2) is 4.98 Å². The highest BCUT2D eigenvalue weighted by molar-refractivity contribution is 8.01. The standard InChI is InChI=1S/C7H8ClNO2S2/c1-11-6(10)2-3-12-7-9-5(8)4-13-7/h4H,2-3H2,1H3. The number of hydrogen-bond acceptors (Lipinski definition) is 5. The van der Waals surface area contributed by atoms with Gasteiger partial charge in [-0.05, 0) is 0 Å². The third-order valence-corrected chi connectivity index (χ3v) is 3.56. The summed E-state index contributed by atoms with van der Waals surface area (Å²) < 4.78 is 5.38. The van der Waals surface area contributed by atoms with E-state index in [1.807, 2.05) is 0 Å². The van der Waals surface area contributed by atoms with Crippen LogP contribution in [-0.2, 0) is 9.53 Å². The Hall–Kier alpha value is -0.260. The Balaban J connectivity index is 2.24. The molecular weight excluding hydrogens is 230 g/mol. The Morgan fingerprint density at radius 3 is 3.15 bits per heavy atom. The molecule has 0 amide bonds. The summed E-state index contributed by atoms with van der Waals surface area (Å²) in [5, 5.41) is 2.27. The molecular formula is C7H8ClNO2S2. The minimum absolute atomic E-state index is 0.199. The topological polar surface area (TPSA) is 39.2 Å². The Morgan fingerprint density at radius 2 is 2.62 bits per heavy atom. The van der Waals surface area contributed by atoms with E-state index in [-0.39, 0.29) is 5.97 Å². The fourth-order valence-electron chi connectivity index (χ4n) is 0.629. The number of nitrogens with zero attached hydrogens (tertiary/aromatic N) is 1. The lowest BCUT2D eigenvalue weighted by Crippen LogP contribution is -2.00. The van der Waals surface area contributed by atoms with E-state index < -0.39 is 0 Å². The van der Waals surface area contributed by atoms with E-state index in [2.05, 4.69) is 9.72 Å². The third kappa shape index (κ3) is 3.97. The zero-order valence-corrected chi connectivity index (χ0v) is 9.34. The van der Waals surface area contributed by atoms with Crippen LogP contribution in [0.3, 0.4) is 0 Å². The molecule has 0 saturated carbocycles. The van der Waals surface area contributed by atoms with E-state index in [1.54, 1.807) is 5.38 Å². The van der Waals surface area contributed by atoms with Crippen molar-refractivity contribution >= 4 is 40.7 Å². The van der Waals surface area contributed by atoms with Crippen molar-refractivity contribution in [1.29, 1.82) is 0 Å². The molecule has 0 aliphatic carbocycles. The van der Waals surface area contributed by atoms with E-state index in [0.717, 1.165) is 4.34 Å². The maximum atomic E-state index is 10.7. The smallest absolute Gasteiger partial charge is 0.306 e. The molecule has 0 fully saturated rings. The highest BCUT2D eigenvalue weighted by Gasteiger charge is 2.03. The molecule has 0 aliphatic heterocycles. The largest absolute Gasteiger partial charge is 0.469 e. The van der Waals surface area contributed by atoms with Crippen LogP contribution in [-0.4, -0.2) is 23.8 Å². The van der Waals surface area contributed by atoms with Gasteiger partial charge in [0.25, 0.3) is 0 Å². The number of hydrogen-bond donors (Lipinski definition) is 0. The lowest BCUT2D eigenvalue weighted by Gasteiger charge is -1.96. The molecule has 3 nitrogen and oxygen atoms in total. The molecule has 0 N–H and O–H groups in total. The number of aromatic nitrogens is 1. The molecule has 0 aliphatic rings. The van der Waals surface area contributed by atoms with Crippen molar-refractivity contribution in [2.75, 3.05) is 12.9 Å². The van der Waals surface area contributed by atoms with Crippen LogP contribution in [0.15, 0.2) is 9.72 Å². The minimum atomic E-state index is -0.199. The van der Waals surface area contributed by atoms with Crippen molar-refractivity contribution in [3.63, 3.8) is 0 Å². The number of halogens is 1. The van der Waals surface area contributed by atoms with Crippen molar-refractivity contribution in [2.24, 2.45) is 0 Å². The average Bonchev–Trinajstić information content (AvgIpc) is 2.51. The molecule has 1 heterocycles. The molecule has 6 heteroatoms. The lowest BCUT2D eigenvalue weighted by molar-refractivity contribution is -0.140. The van der Waals surface area contributed by atoms with Gasteiger partial charge in [0.05, 0.1) is 13.5 Å². The Bertz CT molecular complexity index is 290. The van der Waals surface area contributed by atoms with Crippen LogP contribution in [0.1, 0.15) is 6.42 Å². The second-order valence-corrected chi connectivity index (χ2v) is 4.70. The Kier molecular flexibility index (Phi) is 4.55. The molecule has 1 rings (SSSR count). The summed E-state index contributed by atoms with van der Waals surface area (Å²) in [6.07, 6.45) is 0.401. The minimum Gasteiger partial charge on any atom is -0.469 e. The van der Waals surface area contributed by atoms with Crippen LogP contribution >= 0.6 is 34.7 Å². The maximum Gasteiger partial charge on any atom is 0.306 e. The van der Waals surface area contributed by atoms with Crippen LogP contribution in [0.5, 0.6) is 0 Å². The SMILES string of the molecule is COC(=O)CCSc1nc(Cl)cs1. The molecule has 0 aromatic carbocycles. The number of methoxy groups -OCH3 is 1. The van der Waals surface area contributed by atoms with Crippen LogP contribution < -0.4 is 0 Å². The summed E-state index contributed by atoms with van der Waals surface area (Å²) >= 11 is 8.61. The van der Waals surface area contributed by atoms with Crippen molar-refractivity contribution in [3.8, 4) is 0 Å². The Morgan fingerprint density at radius 1 is 1.85 bits per heavy atom. The normalized spacial score (nSPS) is 10.0. The van der Waals surface area contributed by atoms with E-state index in [9.17, 15) is 4.79 Å². The van der Waals surface area contributed by atoms with Crippen molar-refractivity contribution < 1.29 is 9.53 Å². The van der Waals surface area contributed by atoms with Crippen molar-refractivity contribution in [3.05, 3.63) is 10.5 Å². The third-order valence-electron chi connectivity index (χ3n) is 1.21. The quantitative estimate of drug-likeness (QED) is 0.596. The first kappa shape index (κ1) is 10.8. The van der Waals surface area contributed by atoms with Gasteiger partial charge >= 0.3 is 5.97 Å². The van der Waals surface area contributed by atoms with Gasteiger partial charge < -0.3 is 4.74 Å². The highest BCUT2D eigenvalue weighted by atomic mass is 35.5. The van der Waals surface area contributed by atoms with Crippen LogP contribution in [0.25, 0.3) is 0 Å². The first-order valence-electron chi connectivity index (χ1n) is 3.53. The first-order chi connectivity index (χ1) is 6.22. The summed E-state index contributed by atoms with van der Waals surface area (Å²) in [6, 6.07) is 0. The molecule has 0 atom stereocenters. The number of carbonyl (C=O) groups excluding carboxylic acids is 1. The average molecular weight is 238 g/mol. The van der Waals surface area contributed by atoms with E-state index >= 15 is 0 Å². The summed E-state index contributed by atoms with van der Waals surface area (Å²) in [4.78, 5) is 14.8. The van der Waals surface area contributed by atoms with Gasteiger partial charge in [-0.15, -0.1) is 11.3 Å². The van der Waals surface area contributed by atoms with Crippen LogP contribution in [0.4, 0.5) is 0 Å². The van der Waals surface area contributed by atoms with Gasteiger partial charge in [-0.2, -0.15) is 0 Å². The number of thiazole rings is 1. The number of esters is 1. The first-order valence-corrected chi connectivity index (χ1v) is 5.77. The highest BCUT2D eigenvalue weighted by Crippen LogP contribution is 2.25. The summed E-state index contributed by atoms with van der Waals surface area (Å²) in [5.74, 6) is 0.478. The molecule has 0 bridgehead atoms. The monoisotopic (exact) mass is 237 g/mol. The molecule has 0 saturated heterocycles. The predicted molar refractivity (Wildman–Crippen MR) is 54.5 cm³/mol. The summed E-state index contributed by atoms with van der Waals surface area (Å²) in [6.45, 7) is 0. The molecule has 1 aromatic heterocycles. The van der Waals surface area contributed by atoms with E-state index in [1.165, 1.54) is 30.2 Å². The lowest BCUT2D eigenvalue weighted by atomic mass is 10.5. The van der Waals surface area contributed by atoms with Gasteiger partial charge in [0.2, 0.25) is 0 Å².